The van der Waals surface area contributed by atoms with E-state index >= 15 is 0 Å². The van der Waals surface area contributed by atoms with Crippen molar-refractivity contribution in [3.63, 3.8) is 0 Å². The van der Waals surface area contributed by atoms with Crippen molar-refractivity contribution in [2.24, 2.45) is 0 Å². The van der Waals surface area contributed by atoms with E-state index in [1.165, 1.54) is 0 Å². The number of piperidine rings is 1. The first-order valence-electron chi connectivity index (χ1n) is 3.46. The van der Waals surface area contributed by atoms with Crippen LogP contribution in [0.25, 0.3) is 0 Å². The van der Waals surface area contributed by atoms with Crippen LogP contribution in [-0.2, 0) is 0 Å². The van der Waals surface area contributed by atoms with Crippen molar-refractivity contribution < 1.29 is 17.6 Å². The van der Waals surface area contributed by atoms with Crippen molar-refractivity contribution in [1.29, 1.82) is 0 Å². The summed E-state index contributed by atoms with van der Waals surface area (Å²) in [7, 11) is 0. The zero-order valence-corrected chi connectivity index (χ0v) is 5.79. The molecular formula is C6H9F4N. The maximum absolute atomic E-state index is 12.6. The van der Waals surface area contributed by atoms with Crippen LogP contribution in [0.15, 0.2) is 0 Å². The van der Waals surface area contributed by atoms with E-state index in [-0.39, 0.29) is 13.0 Å². The van der Waals surface area contributed by atoms with Crippen LogP contribution in [0.3, 0.4) is 0 Å². The molecule has 1 nitrogen and oxygen atoms in total. The summed E-state index contributed by atoms with van der Waals surface area (Å²) in [5, 5.41) is 2.11. The lowest BCUT2D eigenvalue weighted by molar-refractivity contribution is -0.174. The molecule has 1 heterocycles. The maximum atomic E-state index is 12.6. The van der Waals surface area contributed by atoms with Crippen molar-refractivity contribution in [2.75, 3.05) is 6.54 Å². The highest BCUT2D eigenvalue weighted by atomic mass is 19.4. The summed E-state index contributed by atoms with van der Waals surface area (Å²) in [5.74, 6) is 0. The highest BCUT2D eigenvalue weighted by molar-refractivity contribution is 4.86. The van der Waals surface area contributed by atoms with Crippen LogP contribution >= 0.6 is 0 Å². The Balaban J connectivity index is 2.55. The third-order valence-corrected chi connectivity index (χ3v) is 1.74. The van der Waals surface area contributed by atoms with Gasteiger partial charge in [0, 0.05) is 0 Å². The van der Waals surface area contributed by atoms with Gasteiger partial charge in [0.1, 0.15) is 12.2 Å². The number of hydrogen-bond donors (Lipinski definition) is 1. The van der Waals surface area contributed by atoms with Gasteiger partial charge >= 0.3 is 6.18 Å². The monoisotopic (exact) mass is 171 g/mol. The Kier molecular flexibility index (Phi) is 2.37. The zero-order chi connectivity index (χ0) is 8.48. The Morgan fingerprint density at radius 3 is 2.27 bits per heavy atom. The summed E-state index contributed by atoms with van der Waals surface area (Å²) in [6.07, 6.45) is -5.73. The second-order valence-electron chi connectivity index (χ2n) is 2.63. The molecule has 0 aromatic heterocycles. The SMILES string of the molecule is F[C@H]1CCCN[C@H]1C(F)(F)F. The fourth-order valence-corrected chi connectivity index (χ4v) is 1.17. The Bertz CT molecular complexity index is 133. The second kappa shape index (κ2) is 2.97. The Morgan fingerprint density at radius 1 is 1.27 bits per heavy atom. The minimum atomic E-state index is -4.44. The van der Waals surface area contributed by atoms with E-state index in [9.17, 15) is 17.6 Å². The standard InChI is InChI=1S/C6H9F4N/c7-4-2-1-3-11-5(4)6(8,9)10/h4-5,11H,1-3H2/t4-,5+/m0/s1. The first-order valence-corrected chi connectivity index (χ1v) is 3.46. The predicted molar refractivity (Wildman–Crippen MR) is 32.0 cm³/mol. The van der Waals surface area contributed by atoms with Crippen LogP contribution < -0.4 is 5.32 Å². The molecule has 0 aromatic carbocycles. The van der Waals surface area contributed by atoms with E-state index in [4.69, 9.17) is 0 Å². The van der Waals surface area contributed by atoms with Gasteiger partial charge < -0.3 is 5.32 Å². The number of hydrogen-bond acceptors (Lipinski definition) is 1. The van der Waals surface area contributed by atoms with Crippen molar-refractivity contribution in [2.45, 2.75) is 31.2 Å². The molecule has 2 atom stereocenters. The van der Waals surface area contributed by atoms with Gasteiger partial charge in [-0.25, -0.2) is 4.39 Å². The summed E-state index contributed by atoms with van der Waals surface area (Å²) in [6.45, 7) is 0.255. The molecule has 0 aromatic rings. The molecule has 0 radical (unpaired) electrons. The number of halogens is 4. The van der Waals surface area contributed by atoms with Crippen LogP contribution in [0, 0.1) is 0 Å². The molecule has 1 N–H and O–H groups in total. The van der Waals surface area contributed by atoms with E-state index in [1.807, 2.05) is 0 Å². The molecule has 5 heteroatoms. The normalized spacial score (nSPS) is 33.8. The van der Waals surface area contributed by atoms with Crippen LogP contribution in [0.5, 0.6) is 0 Å². The Hall–Kier alpha value is -0.320. The molecule has 1 rings (SSSR count). The summed E-state index contributed by atoms with van der Waals surface area (Å²) in [5.41, 5.74) is 0. The van der Waals surface area contributed by atoms with Gasteiger partial charge in [-0.1, -0.05) is 0 Å². The van der Waals surface area contributed by atoms with E-state index in [2.05, 4.69) is 5.32 Å². The fraction of sp³-hybridized carbons (Fsp3) is 1.00. The molecule has 1 fully saturated rings. The van der Waals surface area contributed by atoms with Crippen LogP contribution in [0.4, 0.5) is 17.6 Å². The molecule has 66 valence electrons. The smallest absolute Gasteiger partial charge is 0.304 e. The van der Waals surface area contributed by atoms with Gasteiger partial charge in [0.05, 0.1) is 0 Å². The molecule has 11 heavy (non-hydrogen) atoms. The molecule has 0 unspecified atom stereocenters. The quantitative estimate of drug-likeness (QED) is 0.546. The van der Waals surface area contributed by atoms with Crippen LogP contribution in [0.2, 0.25) is 0 Å². The molecule has 1 aliphatic heterocycles. The molecule has 1 saturated heterocycles. The van der Waals surface area contributed by atoms with E-state index < -0.39 is 18.4 Å². The van der Waals surface area contributed by atoms with Crippen LogP contribution in [-0.4, -0.2) is 24.9 Å². The Morgan fingerprint density at radius 2 is 1.91 bits per heavy atom. The van der Waals surface area contributed by atoms with Gasteiger partial charge in [-0.05, 0) is 19.4 Å². The fourth-order valence-electron chi connectivity index (χ4n) is 1.17. The molecule has 0 amide bonds. The average Bonchev–Trinajstić information content (AvgIpc) is 1.86. The number of alkyl halides is 4. The minimum absolute atomic E-state index is 0.0111. The predicted octanol–water partition coefficient (Wildman–Crippen LogP) is 1.64. The third-order valence-electron chi connectivity index (χ3n) is 1.74. The second-order valence-corrected chi connectivity index (χ2v) is 2.63. The van der Waals surface area contributed by atoms with Crippen molar-refractivity contribution >= 4 is 0 Å². The minimum Gasteiger partial charge on any atom is -0.304 e. The van der Waals surface area contributed by atoms with Gasteiger partial charge in [0.2, 0.25) is 0 Å². The van der Waals surface area contributed by atoms with Crippen molar-refractivity contribution in [3.8, 4) is 0 Å². The lowest BCUT2D eigenvalue weighted by atomic mass is 10.0. The van der Waals surface area contributed by atoms with Crippen LogP contribution in [0.1, 0.15) is 12.8 Å². The summed E-state index contributed by atoms with van der Waals surface area (Å²) in [4.78, 5) is 0. The van der Waals surface area contributed by atoms with E-state index in [1.54, 1.807) is 0 Å². The zero-order valence-electron chi connectivity index (χ0n) is 5.79. The molecular weight excluding hydrogens is 162 g/mol. The van der Waals surface area contributed by atoms with E-state index in [0.29, 0.717) is 6.42 Å². The largest absolute Gasteiger partial charge is 0.406 e. The lowest BCUT2D eigenvalue weighted by Crippen LogP contribution is -2.52. The number of nitrogens with one attached hydrogen (secondary N) is 1. The van der Waals surface area contributed by atoms with Gasteiger partial charge in [0.25, 0.3) is 0 Å². The average molecular weight is 171 g/mol. The maximum Gasteiger partial charge on any atom is 0.406 e. The summed E-state index contributed by atoms with van der Waals surface area (Å²) < 4.78 is 48.2. The third kappa shape index (κ3) is 2.05. The highest BCUT2D eigenvalue weighted by Gasteiger charge is 2.45. The van der Waals surface area contributed by atoms with Gasteiger partial charge in [-0.3, -0.25) is 0 Å². The molecule has 0 spiro atoms. The van der Waals surface area contributed by atoms with E-state index in [0.717, 1.165) is 0 Å². The molecule has 0 bridgehead atoms. The number of rotatable bonds is 0. The van der Waals surface area contributed by atoms with Crippen molar-refractivity contribution in [1.82, 2.24) is 5.32 Å². The first-order chi connectivity index (χ1) is 5.02. The molecule has 1 aliphatic rings. The lowest BCUT2D eigenvalue weighted by Gasteiger charge is -2.28. The van der Waals surface area contributed by atoms with Crippen molar-refractivity contribution in [3.05, 3.63) is 0 Å². The molecule has 0 saturated carbocycles. The molecule has 0 aliphatic carbocycles. The summed E-state index contributed by atoms with van der Waals surface area (Å²) in [6, 6.07) is -1.95. The van der Waals surface area contributed by atoms with Gasteiger partial charge in [-0.2, -0.15) is 13.2 Å². The highest BCUT2D eigenvalue weighted by Crippen LogP contribution is 2.27. The Labute approximate surface area is 61.8 Å². The topological polar surface area (TPSA) is 12.0 Å². The summed E-state index contributed by atoms with van der Waals surface area (Å²) >= 11 is 0. The van der Waals surface area contributed by atoms with Gasteiger partial charge in [-0.15, -0.1) is 0 Å². The van der Waals surface area contributed by atoms with Gasteiger partial charge in [0.15, 0.2) is 0 Å². The first kappa shape index (κ1) is 8.77.